The van der Waals surface area contributed by atoms with Crippen LogP contribution in [0.4, 0.5) is 0 Å². The number of hydrogen-bond acceptors (Lipinski definition) is 3. The van der Waals surface area contributed by atoms with Gasteiger partial charge in [-0.05, 0) is 49.6 Å². The van der Waals surface area contributed by atoms with Crippen molar-refractivity contribution >= 4 is 41.3 Å². The molecule has 2 atom stereocenters. The van der Waals surface area contributed by atoms with Gasteiger partial charge in [0, 0.05) is 24.1 Å². The van der Waals surface area contributed by atoms with E-state index in [2.05, 4.69) is 54.7 Å². The minimum Gasteiger partial charge on any atom is -0.389 e. The van der Waals surface area contributed by atoms with E-state index in [0.717, 1.165) is 37.8 Å². The monoisotopic (exact) mass is 424 g/mol. The molecule has 28 heavy (non-hydrogen) atoms. The first-order chi connectivity index (χ1) is 12.5. The van der Waals surface area contributed by atoms with E-state index >= 15 is 0 Å². The molecule has 0 heterocycles. The largest absolute Gasteiger partial charge is 0.389 e. The molecule has 3 nitrogen and oxygen atoms in total. The molecular formula is C23H34Cl2N2O. The predicted octanol–water partition coefficient (Wildman–Crippen LogP) is 5.87. The van der Waals surface area contributed by atoms with Gasteiger partial charge in [-0.1, -0.05) is 61.7 Å². The van der Waals surface area contributed by atoms with Crippen LogP contribution in [0.1, 0.15) is 63.4 Å². The van der Waals surface area contributed by atoms with Gasteiger partial charge in [-0.15, -0.1) is 24.8 Å². The SMILES string of the molecule is CN[C@@H](C)CC(=N)CC(c1cccc2ccccc12)C1(O)CCCCC1.Cl.Cl. The Hall–Kier alpha value is -1.13. The van der Waals surface area contributed by atoms with Crippen LogP contribution in [0.15, 0.2) is 42.5 Å². The van der Waals surface area contributed by atoms with E-state index in [-0.39, 0.29) is 36.8 Å². The Morgan fingerprint density at radius 1 is 1.04 bits per heavy atom. The van der Waals surface area contributed by atoms with Crippen molar-refractivity contribution in [3.63, 3.8) is 0 Å². The second-order valence-electron chi connectivity index (χ2n) is 7.99. The van der Waals surface area contributed by atoms with Crippen LogP contribution in [0, 0.1) is 5.41 Å². The van der Waals surface area contributed by atoms with E-state index in [1.54, 1.807) is 0 Å². The number of benzene rings is 2. The zero-order valence-electron chi connectivity index (χ0n) is 16.9. The Labute approximate surface area is 181 Å². The average Bonchev–Trinajstić information content (AvgIpc) is 2.66. The van der Waals surface area contributed by atoms with E-state index < -0.39 is 5.60 Å². The maximum absolute atomic E-state index is 11.6. The normalized spacial score (nSPS) is 17.8. The lowest BCUT2D eigenvalue weighted by Gasteiger charge is -2.40. The molecule has 0 bridgehead atoms. The van der Waals surface area contributed by atoms with Crippen molar-refractivity contribution in [2.45, 2.75) is 69.4 Å². The zero-order chi connectivity index (χ0) is 18.6. The van der Waals surface area contributed by atoms with Crippen molar-refractivity contribution in [1.82, 2.24) is 5.32 Å². The Bertz CT molecular complexity index is 754. The fourth-order valence-electron chi connectivity index (χ4n) is 4.46. The van der Waals surface area contributed by atoms with Gasteiger partial charge in [0.2, 0.25) is 0 Å². The molecule has 0 radical (unpaired) electrons. The molecule has 1 saturated carbocycles. The average molecular weight is 425 g/mol. The van der Waals surface area contributed by atoms with E-state index in [0.29, 0.717) is 6.42 Å². The number of aliphatic hydroxyl groups is 1. The van der Waals surface area contributed by atoms with Crippen LogP contribution < -0.4 is 5.32 Å². The summed E-state index contributed by atoms with van der Waals surface area (Å²) in [6.07, 6.45) is 6.42. The van der Waals surface area contributed by atoms with Gasteiger partial charge in [0.15, 0.2) is 0 Å². The Morgan fingerprint density at radius 3 is 2.36 bits per heavy atom. The van der Waals surface area contributed by atoms with E-state index in [1.807, 2.05) is 7.05 Å². The van der Waals surface area contributed by atoms with Gasteiger partial charge in [0.05, 0.1) is 5.60 Å². The minimum absolute atomic E-state index is 0. The lowest BCUT2D eigenvalue weighted by molar-refractivity contribution is -0.0198. The first-order valence-electron chi connectivity index (χ1n) is 9.97. The Morgan fingerprint density at radius 2 is 1.68 bits per heavy atom. The topological polar surface area (TPSA) is 56.1 Å². The lowest BCUT2D eigenvalue weighted by Crippen LogP contribution is -2.40. The summed E-state index contributed by atoms with van der Waals surface area (Å²) in [5, 5.41) is 25.8. The van der Waals surface area contributed by atoms with Crippen LogP contribution in [0.3, 0.4) is 0 Å². The van der Waals surface area contributed by atoms with Crippen molar-refractivity contribution in [1.29, 1.82) is 5.41 Å². The number of fused-ring (bicyclic) bond motifs is 1. The molecule has 156 valence electrons. The molecule has 1 aliphatic rings. The first kappa shape index (κ1) is 24.9. The third-order valence-electron chi connectivity index (χ3n) is 6.06. The zero-order valence-corrected chi connectivity index (χ0v) is 18.5. The summed E-state index contributed by atoms with van der Waals surface area (Å²) >= 11 is 0. The smallest absolute Gasteiger partial charge is 0.0719 e. The van der Waals surface area contributed by atoms with Crippen molar-refractivity contribution in [2.75, 3.05) is 7.05 Å². The van der Waals surface area contributed by atoms with Crippen LogP contribution in [-0.2, 0) is 0 Å². The fraction of sp³-hybridized carbons (Fsp3) is 0.522. The van der Waals surface area contributed by atoms with Crippen LogP contribution in [0.5, 0.6) is 0 Å². The molecular weight excluding hydrogens is 391 g/mol. The van der Waals surface area contributed by atoms with Crippen molar-refractivity contribution in [3.8, 4) is 0 Å². The summed E-state index contributed by atoms with van der Waals surface area (Å²) in [5.74, 6) is -0.00884. The molecule has 0 spiro atoms. The van der Waals surface area contributed by atoms with Crippen LogP contribution >= 0.6 is 24.8 Å². The molecule has 0 saturated heterocycles. The highest BCUT2D eigenvalue weighted by Crippen LogP contribution is 2.44. The number of hydrogen-bond donors (Lipinski definition) is 3. The van der Waals surface area contributed by atoms with Gasteiger partial charge in [-0.25, -0.2) is 0 Å². The molecule has 0 aliphatic heterocycles. The summed E-state index contributed by atoms with van der Waals surface area (Å²) in [6, 6.07) is 15.1. The summed E-state index contributed by atoms with van der Waals surface area (Å²) in [7, 11) is 1.94. The molecule has 0 amide bonds. The maximum Gasteiger partial charge on any atom is 0.0719 e. The van der Waals surface area contributed by atoms with Gasteiger partial charge in [-0.3, -0.25) is 0 Å². The molecule has 1 aliphatic carbocycles. The van der Waals surface area contributed by atoms with Gasteiger partial charge in [-0.2, -0.15) is 0 Å². The maximum atomic E-state index is 11.6. The highest BCUT2D eigenvalue weighted by atomic mass is 35.5. The van der Waals surface area contributed by atoms with Gasteiger partial charge in [0.1, 0.15) is 0 Å². The summed E-state index contributed by atoms with van der Waals surface area (Å²) in [6.45, 7) is 2.11. The summed E-state index contributed by atoms with van der Waals surface area (Å²) in [4.78, 5) is 0. The van der Waals surface area contributed by atoms with E-state index in [9.17, 15) is 5.11 Å². The molecule has 5 heteroatoms. The summed E-state index contributed by atoms with van der Waals surface area (Å²) in [5.41, 5.74) is 1.23. The highest BCUT2D eigenvalue weighted by molar-refractivity contribution is 5.88. The van der Waals surface area contributed by atoms with E-state index in [4.69, 9.17) is 5.41 Å². The predicted molar refractivity (Wildman–Crippen MR) is 125 cm³/mol. The van der Waals surface area contributed by atoms with Crippen molar-refractivity contribution < 1.29 is 5.11 Å². The minimum atomic E-state index is -0.697. The highest BCUT2D eigenvalue weighted by Gasteiger charge is 2.39. The third kappa shape index (κ3) is 5.70. The van der Waals surface area contributed by atoms with Gasteiger partial charge >= 0.3 is 0 Å². The first-order valence-corrected chi connectivity index (χ1v) is 9.97. The molecule has 3 N–H and O–H groups in total. The molecule has 1 unspecified atom stereocenters. The molecule has 1 fully saturated rings. The van der Waals surface area contributed by atoms with Crippen LogP contribution in [0.2, 0.25) is 0 Å². The molecule has 2 aromatic rings. The molecule has 0 aromatic heterocycles. The molecule has 2 aromatic carbocycles. The van der Waals surface area contributed by atoms with Crippen LogP contribution in [-0.4, -0.2) is 29.5 Å². The van der Waals surface area contributed by atoms with Gasteiger partial charge < -0.3 is 15.8 Å². The number of halogens is 2. The Balaban J connectivity index is 0.00000196. The summed E-state index contributed by atoms with van der Waals surface area (Å²) < 4.78 is 0. The third-order valence-corrected chi connectivity index (χ3v) is 6.06. The lowest BCUT2D eigenvalue weighted by atomic mass is 9.70. The fourth-order valence-corrected chi connectivity index (χ4v) is 4.46. The van der Waals surface area contributed by atoms with Crippen LogP contribution in [0.25, 0.3) is 10.8 Å². The molecule has 3 rings (SSSR count). The number of nitrogens with one attached hydrogen (secondary N) is 2. The Kier molecular flexibility index (Phi) is 9.92. The quantitative estimate of drug-likeness (QED) is 0.486. The second-order valence-corrected chi connectivity index (χ2v) is 7.99. The van der Waals surface area contributed by atoms with Gasteiger partial charge in [0.25, 0.3) is 0 Å². The van der Waals surface area contributed by atoms with E-state index in [1.165, 1.54) is 22.8 Å². The standard InChI is InChI=1S/C23H32N2O.2ClH/c1-17(25-2)15-19(24)16-22(23(26)13-6-3-7-14-23)21-12-8-10-18-9-4-5-11-20(18)21;;/h4-5,8-12,17,22,24-26H,3,6-7,13-16H2,1-2H3;2*1H/t17-,22?;;/m0../s1. The van der Waals surface area contributed by atoms with Crippen molar-refractivity contribution in [3.05, 3.63) is 48.0 Å². The number of rotatable bonds is 7. The second kappa shape index (κ2) is 11.2. The van der Waals surface area contributed by atoms with Crippen molar-refractivity contribution in [2.24, 2.45) is 0 Å².